The third kappa shape index (κ3) is 3.61. The normalized spacial score (nSPS) is 13.8. The van der Waals surface area contributed by atoms with Gasteiger partial charge in [-0.2, -0.15) is 0 Å². The molecule has 2 aromatic carbocycles. The predicted octanol–water partition coefficient (Wildman–Crippen LogP) is 5.33. The molecule has 4 rings (SSSR count). The van der Waals surface area contributed by atoms with Crippen LogP contribution in [0.5, 0.6) is 0 Å². The summed E-state index contributed by atoms with van der Waals surface area (Å²) in [6, 6.07) is 12.6. The zero-order valence-corrected chi connectivity index (χ0v) is 18.2. The Morgan fingerprint density at radius 2 is 2.03 bits per heavy atom. The fraction of sp³-hybridized carbons (Fsp3) is 0.286. The molecule has 0 N–H and O–H groups in total. The molecule has 0 spiro atoms. The predicted molar refractivity (Wildman–Crippen MR) is 119 cm³/mol. The highest BCUT2D eigenvalue weighted by molar-refractivity contribution is 7.99. The second kappa shape index (κ2) is 8.57. The number of fused-ring (bicyclic) bond motifs is 3. The Bertz CT molecular complexity index is 1140. The molecule has 9 heteroatoms. The van der Waals surface area contributed by atoms with Crippen LogP contribution < -0.4 is 0 Å². The van der Waals surface area contributed by atoms with Crippen LogP contribution in [0.15, 0.2) is 52.4 Å². The summed E-state index contributed by atoms with van der Waals surface area (Å²) in [6.45, 7) is 4.42. The van der Waals surface area contributed by atoms with E-state index in [9.17, 15) is 10.1 Å². The maximum atomic E-state index is 11.3. The molecule has 0 aliphatic carbocycles. The summed E-state index contributed by atoms with van der Waals surface area (Å²) < 4.78 is 2.02. The monoisotopic (exact) mass is 441 g/mol. The van der Waals surface area contributed by atoms with E-state index in [4.69, 9.17) is 16.6 Å². The summed E-state index contributed by atoms with van der Waals surface area (Å²) in [5, 5.41) is 19.7. The van der Waals surface area contributed by atoms with Gasteiger partial charge in [-0.1, -0.05) is 38.1 Å². The number of alkyl halides is 1. The van der Waals surface area contributed by atoms with Gasteiger partial charge in [-0.15, -0.1) is 33.6 Å². The molecule has 1 aliphatic rings. The van der Waals surface area contributed by atoms with Crippen LogP contribution in [-0.2, 0) is 6.54 Å². The highest BCUT2D eigenvalue weighted by atomic mass is 35.5. The van der Waals surface area contributed by atoms with E-state index in [0.29, 0.717) is 29.5 Å². The molecule has 1 aliphatic heterocycles. The number of nitrogens with zero attached hydrogens (tertiary/aromatic N) is 5. The Morgan fingerprint density at radius 3 is 2.77 bits per heavy atom. The highest BCUT2D eigenvalue weighted by Crippen LogP contribution is 2.36. The molecular formula is C21H20ClN5O2S. The van der Waals surface area contributed by atoms with Gasteiger partial charge in [0.2, 0.25) is 0 Å². The molecule has 7 nitrogen and oxygen atoms in total. The molecule has 154 valence electrons. The van der Waals surface area contributed by atoms with Crippen molar-refractivity contribution < 1.29 is 4.92 Å². The lowest BCUT2D eigenvalue weighted by molar-refractivity contribution is -0.384. The number of benzene rings is 2. The Hall–Kier alpha value is -2.71. The van der Waals surface area contributed by atoms with Crippen LogP contribution in [0.25, 0.3) is 5.69 Å². The lowest BCUT2D eigenvalue weighted by Gasteiger charge is -2.18. The number of nitro groups is 1. The standard InChI is InChI=1S/C21H20ClN5O2S/c1-3-16(22)21-25-24-18-12-23-19(13-7-5-8-14(11-13)27(28)29)15-9-6-10-17(30-4-2)20(15)26(18)21/h5-11,16H,3-4,12H2,1-2H3. The van der Waals surface area contributed by atoms with E-state index >= 15 is 0 Å². The number of hydrogen-bond donors (Lipinski definition) is 0. The van der Waals surface area contributed by atoms with Crippen LogP contribution in [0.2, 0.25) is 0 Å². The van der Waals surface area contributed by atoms with Gasteiger partial charge in [-0.25, -0.2) is 0 Å². The lowest BCUT2D eigenvalue weighted by Crippen LogP contribution is -2.12. The second-order valence-corrected chi connectivity index (χ2v) is 8.58. The zero-order valence-electron chi connectivity index (χ0n) is 16.6. The first-order chi connectivity index (χ1) is 14.5. The average molecular weight is 442 g/mol. The van der Waals surface area contributed by atoms with E-state index in [1.807, 2.05) is 29.7 Å². The minimum atomic E-state index is -0.391. The first-order valence-electron chi connectivity index (χ1n) is 9.69. The SMILES string of the molecule is CCSc1cccc2c1-n1c(nnc1C(Cl)CC)CN=C2c1cccc([N+](=O)[O-])c1. The van der Waals surface area contributed by atoms with Crippen LogP contribution in [0.4, 0.5) is 5.69 Å². The van der Waals surface area contributed by atoms with Crippen molar-refractivity contribution in [3.63, 3.8) is 0 Å². The molecule has 0 saturated carbocycles. The third-order valence-corrected chi connectivity index (χ3v) is 6.31. The van der Waals surface area contributed by atoms with Crippen molar-refractivity contribution in [2.24, 2.45) is 4.99 Å². The molecule has 1 unspecified atom stereocenters. The molecule has 2 heterocycles. The van der Waals surface area contributed by atoms with Gasteiger partial charge in [-0.3, -0.25) is 19.7 Å². The van der Waals surface area contributed by atoms with Gasteiger partial charge < -0.3 is 0 Å². The first kappa shape index (κ1) is 20.6. The van der Waals surface area contributed by atoms with Crippen LogP contribution in [0.1, 0.15) is 48.4 Å². The first-order valence-corrected chi connectivity index (χ1v) is 11.1. The maximum absolute atomic E-state index is 11.3. The van der Waals surface area contributed by atoms with Gasteiger partial charge in [0.1, 0.15) is 6.54 Å². The molecule has 0 fully saturated rings. The number of thioether (sulfide) groups is 1. The third-order valence-electron chi connectivity index (χ3n) is 4.88. The van der Waals surface area contributed by atoms with Gasteiger partial charge in [0.05, 0.1) is 21.7 Å². The van der Waals surface area contributed by atoms with E-state index in [0.717, 1.165) is 28.3 Å². The Balaban J connectivity index is 1.98. The molecule has 0 amide bonds. The van der Waals surface area contributed by atoms with Gasteiger partial charge in [-0.05, 0) is 18.2 Å². The lowest BCUT2D eigenvalue weighted by atomic mass is 10.00. The average Bonchev–Trinajstić information content (AvgIpc) is 3.10. The van der Waals surface area contributed by atoms with Gasteiger partial charge >= 0.3 is 0 Å². The molecule has 0 bridgehead atoms. The summed E-state index contributed by atoms with van der Waals surface area (Å²) in [5.41, 5.74) is 3.25. The number of nitro benzene ring substituents is 1. The minimum Gasteiger partial charge on any atom is -0.278 e. The number of aromatic nitrogens is 3. The Kier molecular flexibility index (Phi) is 5.87. The van der Waals surface area contributed by atoms with Gasteiger partial charge in [0, 0.05) is 28.2 Å². The molecular weight excluding hydrogens is 422 g/mol. The summed E-state index contributed by atoms with van der Waals surface area (Å²) in [4.78, 5) is 16.8. The topological polar surface area (TPSA) is 86.2 Å². The molecule has 1 atom stereocenters. The molecule has 3 aromatic rings. The van der Waals surface area contributed by atoms with E-state index in [-0.39, 0.29) is 11.1 Å². The number of rotatable bonds is 6. The fourth-order valence-corrected chi connectivity index (χ4v) is 4.49. The minimum absolute atomic E-state index is 0.0342. The number of halogens is 1. The van der Waals surface area contributed by atoms with Crippen LogP contribution in [-0.4, -0.2) is 31.2 Å². The fourth-order valence-electron chi connectivity index (χ4n) is 3.53. The Morgan fingerprint density at radius 1 is 1.23 bits per heavy atom. The van der Waals surface area contributed by atoms with Crippen LogP contribution >= 0.6 is 23.4 Å². The van der Waals surface area contributed by atoms with E-state index in [1.165, 1.54) is 6.07 Å². The Labute approximate surface area is 183 Å². The van der Waals surface area contributed by atoms with Crippen molar-refractivity contribution in [1.82, 2.24) is 14.8 Å². The number of para-hydroxylation sites is 1. The van der Waals surface area contributed by atoms with Crippen molar-refractivity contribution in [3.8, 4) is 5.69 Å². The van der Waals surface area contributed by atoms with E-state index in [1.54, 1.807) is 23.9 Å². The van der Waals surface area contributed by atoms with Gasteiger partial charge in [0.25, 0.3) is 5.69 Å². The van der Waals surface area contributed by atoms with Crippen molar-refractivity contribution in [2.75, 3.05) is 5.75 Å². The molecule has 1 aromatic heterocycles. The number of aliphatic imine (C=N–C) groups is 1. The van der Waals surface area contributed by atoms with Crippen molar-refractivity contribution in [1.29, 1.82) is 0 Å². The van der Waals surface area contributed by atoms with Crippen LogP contribution in [0, 0.1) is 10.1 Å². The summed E-state index contributed by atoms with van der Waals surface area (Å²) >= 11 is 8.30. The van der Waals surface area contributed by atoms with E-state index < -0.39 is 4.92 Å². The number of non-ortho nitro benzene ring substituents is 1. The van der Waals surface area contributed by atoms with Crippen LogP contribution in [0.3, 0.4) is 0 Å². The summed E-state index contributed by atoms with van der Waals surface area (Å²) in [7, 11) is 0. The largest absolute Gasteiger partial charge is 0.278 e. The van der Waals surface area contributed by atoms with Crippen molar-refractivity contribution in [2.45, 2.75) is 37.1 Å². The zero-order chi connectivity index (χ0) is 21.3. The molecule has 0 radical (unpaired) electrons. The van der Waals surface area contributed by atoms with Crippen molar-refractivity contribution >= 4 is 34.8 Å². The second-order valence-electron chi connectivity index (χ2n) is 6.74. The van der Waals surface area contributed by atoms with E-state index in [2.05, 4.69) is 23.2 Å². The molecule has 0 saturated heterocycles. The number of hydrogen-bond acceptors (Lipinski definition) is 6. The van der Waals surface area contributed by atoms with Crippen molar-refractivity contribution in [3.05, 3.63) is 75.4 Å². The quantitative estimate of drug-likeness (QED) is 0.223. The van der Waals surface area contributed by atoms with Gasteiger partial charge in [0.15, 0.2) is 11.6 Å². The summed E-state index contributed by atoms with van der Waals surface area (Å²) in [5.74, 6) is 2.29. The summed E-state index contributed by atoms with van der Waals surface area (Å²) in [6.07, 6.45) is 0.719. The maximum Gasteiger partial charge on any atom is 0.270 e. The molecule has 30 heavy (non-hydrogen) atoms. The smallest absolute Gasteiger partial charge is 0.270 e. The highest BCUT2D eigenvalue weighted by Gasteiger charge is 2.28.